The van der Waals surface area contributed by atoms with Gasteiger partial charge in [0, 0.05) is 7.11 Å². The number of hydrogen-bond donors (Lipinski definition) is 0. The van der Waals surface area contributed by atoms with Crippen LogP contribution in [-0.2, 0) is 15.1 Å². The fraction of sp³-hybridized carbons (Fsp3) is 0.571. The van der Waals surface area contributed by atoms with Crippen molar-refractivity contribution in [3.05, 3.63) is 108 Å². The van der Waals surface area contributed by atoms with Gasteiger partial charge in [-0.05, 0) is 36.7 Å². The number of nitrogens with zero attached hydrogens (tertiary/aromatic N) is 1. The van der Waals surface area contributed by atoms with Crippen LogP contribution in [0.4, 0.5) is 0 Å². The van der Waals surface area contributed by atoms with Gasteiger partial charge in [0.05, 0.1) is 19.3 Å². The Labute approximate surface area is 276 Å². The second-order valence-corrected chi connectivity index (χ2v) is 13.0. The van der Waals surface area contributed by atoms with Gasteiger partial charge in [-0.3, -0.25) is 4.90 Å². The number of likely N-dealkylation sites (N-methyl/N-ethyl adjacent to an activating group) is 1. The van der Waals surface area contributed by atoms with Crippen molar-refractivity contribution in [2.75, 3.05) is 33.9 Å². The Morgan fingerprint density at radius 1 is 0.511 bits per heavy atom. The van der Waals surface area contributed by atoms with E-state index in [2.05, 4.69) is 110 Å². The van der Waals surface area contributed by atoms with E-state index in [0.29, 0.717) is 13.2 Å². The molecule has 0 saturated carbocycles. The van der Waals surface area contributed by atoms with Gasteiger partial charge in [-0.1, -0.05) is 194 Å². The van der Waals surface area contributed by atoms with E-state index in [-0.39, 0.29) is 6.04 Å². The van der Waals surface area contributed by atoms with Crippen molar-refractivity contribution < 1.29 is 9.47 Å². The van der Waals surface area contributed by atoms with Crippen LogP contribution in [0.5, 0.6) is 0 Å². The number of methoxy groups -OCH3 is 1. The second kappa shape index (κ2) is 23.0. The van der Waals surface area contributed by atoms with Crippen LogP contribution in [0.2, 0.25) is 0 Å². The SMILES string of the molecule is CCCCCCCCCCCCCCCCCCN(C)C(COC)COC(c1ccccc1)(c1ccccc1)c1ccccc1. The lowest BCUT2D eigenvalue weighted by molar-refractivity contribution is -0.0359. The van der Waals surface area contributed by atoms with Gasteiger partial charge in [-0.25, -0.2) is 0 Å². The quantitative estimate of drug-likeness (QED) is 0.0664. The molecule has 0 aliphatic carbocycles. The smallest absolute Gasteiger partial charge is 0.143 e. The van der Waals surface area contributed by atoms with E-state index in [4.69, 9.17) is 9.47 Å². The lowest BCUT2D eigenvalue weighted by Crippen LogP contribution is -2.43. The molecule has 45 heavy (non-hydrogen) atoms. The van der Waals surface area contributed by atoms with Crippen LogP contribution in [0.25, 0.3) is 0 Å². The molecule has 0 aliphatic rings. The third-order valence-electron chi connectivity index (χ3n) is 9.38. The number of benzene rings is 3. The molecule has 0 heterocycles. The Bertz CT molecular complexity index is 991. The molecule has 0 aliphatic heterocycles. The summed E-state index contributed by atoms with van der Waals surface area (Å²) in [5, 5.41) is 0. The van der Waals surface area contributed by atoms with E-state index in [0.717, 1.165) is 23.2 Å². The van der Waals surface area contributed by atoms with Gasteiger partial charge in [0.2, 0.25) is 0 Å². The standard InChI is InChI=1S/C42H63NO2/c1-4-5-6-7-8-9-10-11-12-13-14-15-16-17-18-28-35-43(2)41(36-44-3)37-45-42(38-29-22-19-23-30-38,39-31-24-20-25-32-39)40-33-26-21-27-34-40/h19-27,29-34,41H,4-18,28,35-37H2,1-3H3. The summed E-state index contributed by atoms with van der Waals surface area (Å²) in [6.07, 6.45) is 22.3. The molecule has 0 radical (unpaired) electrons. The predicted octanol–water partition coefficient (Wildman–Crippen LogP) is 11.2. The third-order valence-corrected chi connectivity index (χ3v) is 9.38. The highest BCUT2D eigenvalue weighted by molar-refractivity contribution is 5.47. The lowest BCUT2D eigenvalue weighted by atomic mass is 9.80. The maximum absolute atomic E-state index is 7.14. The van der Waals surface area contributed by atoms with Gasteiger partial charge >= 0.3 is 0 Å². The van der Waals surface area contributed by atoms with Crippen molar-refractivity contribution in [1.29, 1.82) is 0 Å². The number of hydrogen-bond acceptors (Lipinski definition) is 3. The van der Waals surface area contributed by atoms with Crippen LogP contribution >= 0.6 is 0 Å². The Hall–Kier alpha value is -2.46. The first kappa shape index (κ1) is 37.0. The average Bonchev–Trinajstić information content (AvgIpc) is 3.09. The van der Waals surface area contributed by atoms with E-state index in [1.807, 2.05) is 0 Å². The molecule has 0 spiro atoms. The van der Waals surface area contributed by atoms with Crippen LogP contribution in [0.1, 0.15) is 126 Å². The number of rotatable bonds is 26. The van der Waals surface area contributed by atoms with Gasteiger partial charge in [0.25, 0.3) is 0 Å². The second-order valence-electron chi connectivity index (χ2n) is 13.0. The maximum atomic E-state index is 7.14. The maximum Gasteiger partial charge on any atom is 0.143 e. The van der Waals surface area contributed by atoms with Crippen molar-refractivity contribution in [1.82, 2.24) is 4.90 Å². The zero-order chi connectivity index (χ0) is 31.8. The fourth-order valence-corrected chi connectivity index (χ4v) is 6.58. The molecule has 248 valence electrons. The summed E-state index contributed by atoms with van der Waals surface area (Å²) in [7, 11) is 4.03. The van der Waals surface area contributed by atoms with Gasteiger partial charge in [0.15, 0.2) is 0 Å². The van der Waals surface area contributed by atoms with Crippen LogP contribution < -0.4 is 0 Å². The molecule has 3 heteroatoms. The molecule has 0 N–H and O–H groups in total. The summed E-state index contributed by atoms with van der Waals surface area (Å²) in [6, 6.07) is 32.1. The Morgan fingerprint density at radius 3 is 1.22 bits per heavy atom. The number of ether oxygens (including phenoxy) is 2. The predicted molar refractivity (Wildman–Crippen MR) is 193 cm³/mol. The lowest BCUT2D eigenvalue weighted by Gasteiger charge is -2.38. The van der Waals surface area contributed by atoms with Crippen molar-refractivity contribution in [2.45, 2.75) is 121 Å². The van der Waals surface area contributed by atoms with E-state index >= 15 is 0 Å². The van der Waals surface area contributed by atoms with E-state index in [1.165, 1.54) is 103 Å². The molecule has 0 aromatic heterocycles. The average molecular weight is 614 g/mol. The van der Waals surface area contributed by atoms with Crippen LogP contribution in [0, 0.1) is 0 Å². The molecule has 0 amide bonds. The minimum Gasteiger partial charge on any atom is -0.383 e. The van der Waals surface area contributed by atoms with E-state index in [9.17, 15) is 0 Å². The zero-order valence-electron chi connectivity index (χ0n) is 28.9. The molecular formula is C42H63NO2. The first-order valence-electron chi connectivity index (χ1n) is 18.2. The van der Waals surface area contributed by atoms with Gasteiger partial charge in [-0.2, -0.15) is 0 Å². The molecule has 0 saturated heterocycles. The van der Waals surface area contributed by atoms with Crippen LogP contribution in [0.15, 0.2) is 91.0 Å². The summed E-state index contributed by atoms with van der Waals surface area (Å²) in [5.41, 5.74) is 2.71. The molecular weight excluding hydrogens is 550 g/mol. The molecule has 1 atom stereocenters. The first-order chi connectivity index (χ1) is 22.2. The van der Waals surface area contributed by atoms with Crippen molar-refractivity contribution in [3.63, 3.8) is 0 Å². The highest BCUT2D eigenvalue weighted by atomic mass is 16.5. The third kappa shape index (κ3) is 13.1. The summed E-state index contributed by atoms with van der Waals surface area (Å²) < 4.78 is 12.9. The molecule has 1 unspecified atom stereocenters. The van der Waals surface area contributed by atoms with Crippen molar-refractivity contribution in [2.24, 2.45) is 0 Å². The van der Waals surface area contributed by atoms with E-state index in [1.54, 1.807) is 7.11 Å². The van der Waals surface area contributed by atoms with Crippen LogP contribution in [-0.4, -0.2) is 44.9 Å². The summed E-state index contributed by atoms with van der Waals surface area (Å²) in [6.45, 7) is 4.57. The van der Waals surface area contributed by atoms with Crippen LogP contribution in [0.3, 0.4) is 0 Å². The van der Waals surface area contributed by atoms with Crippen molar-refractivity contribution >= 4 is 0 Å². The van der Waals surface area contributed by atoms with E-state index < -0.39 is 5.60 Å². The fourth-order valence-electron chi connectivity index (χ4n) is 6.58. The molecule has 3 aromatic rings. The van der Waals surface area contributed by atoms with Gasteiger partial charge < -0.3 is 9.47 Å². The zero-order valence-corrected chi connectivity index (χ0v) is 28.9. The van der Waals surface area contributed by atoms with Gasteiger partial charge in [-0.15, -0.1) is 0 Å². The minimum atomic E-state index is -0.704. The monoisotopic (exact) mass is 613 g/mol. The Kier molecular flexibility index (Phi) is 18.9. The Morgan fingerprint density at radius 2 is 0.867 bits per heavy atom. The summed E-state index contributed by atoms with van der Waals surface area (Å²) in [4.78, 5) is 2.44. The summed E-state index contributed by atoms with van der Waals surface area (Å²) >= 11 is 0. The molecule has 0 fully saturated rings. The first-order valence-corrected chi connectivity index (χ1v) is 18.2. The molecule has 3 rings (SSSR count). The summed E-state index contributed by atoms with van der Waals surface area (Å²) in [5.74, 6) is 0. The minimum absolute atomic E-state index is 0.168. The topological polar surface area (TPSA) is 21.7 Å². The highest BCUT2D eigenvalue weighted by Crippen LogP contribution is 2.40. The molecule has 3 aromatic carbocycles. The highest BCUT2D eigenvalue weighted by Gasteiger charge is 2.38. The largest absolute Gasteiger partial charge is 0.383 e. The molecule has 0 bridgehead atoms. The normalized spacial score (nSPS) is 12.5. The van der Waals surface area contributed by atoms with Gasteiger partial charge in [0.1, 0.15) is 5.60 Å². The van der Waals surface area contributed by atoms with Crippen molar-refractivity contribution in [3.8, 4) is 0 Å². The number of unbranched alkanes of at least 4 members (excludes halogenated alkanes) is 15. The molecule has 3 nitrogen and oxygen atoms in total. The Balaban J connectivity index is 1.44.